The minimum atomic E-state index is 0.890. The van der Waals surface area contributed by atoms with Gasteiger partial charge in [-0.05, 0) is 6.07 Å². The van der Waals surface area contributed by atoms with Crippen LogP contribution in [0.2, 0.25) is 0 Å². The van der Waals surface area contributed by atoms with Crippen LogP contribution in [0.5, 0.6) is 0 Å². The summed E-state index contributed by atoms with van der Waals surface area (Å²) in [5.41, 5.74) is 4.11. The molecule has 3 heterocycles. The van der Waals surface area contributed by atoms with Gasteiger partial charge in [-0.25, -0.2) is 0 Å². The van der Waals surface area contributed by atoms with Crippen LogP contribution in [0, 0.1) is 6.92 Å². The highest BCUT2D eigenvalue weighted by atomic mass is 16.3. The standard InChI is InChI=1S/C12H11N2O/c1-8-3-4-11-12(14(8)2)9-7-13-6-5-10(9)15-11/h3-7H,1-2H3/q+1. The molecule has 0 atom stereocenters. The van der Waals surface area contributed by atoms with Crippen molar-refractivity contribution < 1.29 is 8.98 Å². The van der Waals surface area contributed by atoms with E-state index in [9.17, 15) is 0 Å². The fraction of sp³-hybridized carbons (Fsp3) is 0.167. The maximum Gasteiger partial charge on any atom is 0.260 e. The van der Waals surface area contributed by atoms with Crippen molar-refractivity contribution in [2.75, 3.05) is 0 Å². The number of aromatic nitrogens is 2. The van der Waals surface area contributed by atoms with Crippen LogP contribution >= 0.6 is 0 Å². The Morgan fingerprint density at radius 1 is 1.20 bits per heavy atom. The molecule has 0 amide bonds. The van der Waals surface area contributed by atoms with E-state index in [-0.39, 0.29) is 0 Å². The molecule has 0 spiro atoms. The number of aryl methyl sites for hydroxylation is 2. The molecule has 0 aliphatic heterocycles. The highest BCUT2D eigenvalue weighted by molar-refractivity contribution is 5.99. The normalized spacial score (nSPS) is 11.3. The second-order valence-corrected chi connectivity index (χ2v) is 3.72. The first-order valence-corrected chi connectivity index (χ1v) is 4.89. The first-order valence-electron chi connectivity index (χ1n) is 4.89. The number of hydrogen-bond donors (Lipinski definition) is 0. The van der Waals surface area contributed by atoms with Gasteiger partial charge in [-0.15, -0.1) is 0 Å². The molecule has 0 aromatic carbocycles. The van der Waals surface area contributed by atoms with E-state index in [0.29, 0.717) is 0 Å². The predicted molar refractivity (Wildman–Crippen MR) is 57.4 cm³/mol. The lowest BCUT2D eigenvalue weighted by molar-refractivity contribution is -0.650. The quantitative estimate of drug-likeness (QED) is 0.519. The van der Waals surface area contributed by atoms with Gasteiger partial charge < -0.3 is 4.42 Å². The van der Waals surface area contributed by atoms with Gasteiger partial charge in [0.15, 0.2) is 11.3 Å². The van der Waals surface area contributed by atoms with Gasteiger partial charge in [0.25, 0.3) is 5.52 Å². The zero-order valence-corrected chi connectivity index (χ0v) is 8.69. The summed E-state index contributed by atoms with van der Waals surface area (Å²) in [6.07, 6.45) is 3.60. The van der Waals surface area contributed by atoms with Crippen LogP contribution in [0.3, 0.4) is 0 Å². The van der Waals surface area contributed by atoms with Gasteiger partial charge in [-0.3, -0.25) is 4.98 Å². The average Bonchev–Trinajstić information content (AvgIpc) is 2.62. The monoisotopic (exact) mass is 199 g/mol. The Morgan fingerprint density at radius 3 is 2.93 bits per heavy atom. The van der Waals surface area contributed by atoms with Crippen molar-refractivity contribution in [3.63, 3.8) is 0 Å². The molecule has 0 radical (unpaired) electrons. The van der Waals surface area contributed by atoms with E-state index in [2.05, 4.69) is 22.5 Å². The molecule has 0 fully saturated rings. The maximum atomic E-state index is 5.73. The van der Waals surface area contributed by atoms with Crippen molar-refractivity contribution in [1.29, 1.82) is 0 Å². The molecule has 3 heteroatoms. The molecule has 3 aromatic heterocycles. The van der Waals surface area contributed by atoms with Crippen molar-refractivity contribution in [1.82, 2.24) is 4.98 Å². The number of nitrogens with zero attached hydrogens (tertiary/aromatic N) is 2. The third kappa shape index (κ3) is 1.06. The van der Waals surface area contributed by atoms with Gasteiger partial charge in [-0.1, -0.05) is 0 Å². The Balaban J connectivity index is 2.63. The maximum absolute atomic E-state index is 5.73. The van der Waals surface area contributed by atoms with Crippen molar-refractivity contribution in [3.8, 4) is 0 Å². The Morgan fingerprint density at radius 2 is 2.07 bits per heavy atom. The minimum absolute atomic E-state index is 0.890. The zero-order valence-electron chi connectivity index (χ0n) is 8.69. The fourth-order valence-corrected chi connectivity index (χ4v) is 1.89. The van der Waals surface area contributed by atoms with Crippen LogP contribution in [0.25, 0.3) is 22.1 Å². The van der Waals surface area contributed by atoms with Crippen molar-refractivity contribution in [3.05, 3.63) is 36.3 Å². The van der Waals surface area contributed by atoms with Gasteiger partial charge >= 0.3 is 0 Å². The van der Waals surface area contributed by atoms with Crippen LogP contribution in [0.15, 0.2) is 35.0 Å². The Kier molecular flexibility index (Phi) is 1.57. The summed E-state index contributed by atoms with van der Waals surface area (Å²) < 4.78 is 7.86. The summed E-state index contributed by atoms with van der Waals surface area (Å²) in [5.74, 6) is 0. The lowest BCUT2D eigenvalue weighted by atomic mass is 10.2. The number of pyridine rings is 2. The van der Waals surface area contributed by atoms with Crippen LogP contribution in [-0.2, 0) is 7.05 Å². The Bertz CT molecular complexity index is 655. The summed E-state index contributed by atoms with van der Waals surface area (Å²) in [7, 11) is 2.04. The minimum Gasteiger partial charge on any atom is -0.449 e. The molecule has 0 aliphatic carbocycles. The summed E-state index contributed by atoms with van der Waals surface area (Å²) in [5, 5.41) is 1.07. The fourth-order valence-electron chi connectivity index (χ4n) is 1.89. The number of rotatable bonds is 0. The predicted octanol–water partition coefficient (Wildman–Crippen LogP) is 2.11. The second-order valence-electron chi connectivity index (χ2n) is 3.72. The summed E-state index contributed by atoms with van der Waals surface area (Å²) in [6, 6.07) is 5.95. The molecule has 74 valence electrons. The third-order valence-electron chi connectivity index (χ3n) is 2.83. The van der Waals surface area contributed by atoms with Crippen LogP contribution < -0.4 is 4.57 Å². The molecule has 0 saturated carbocycles. The van der Waals surface area contributed by atoms with E-state index in [0.717, 1.165) is 22.1 Å². The molecule has 0 saturated heterocycles. The molecule has 0 bridgehead atoms. The third-order valence-corrected chi connectivity index (χ3v) is 2.83. The van der Waals surface area contributed by atoms with Crippen molar-refractivity contribution in [2.45, 2.75) is 6.92 Å². The molecular weight excluding hydrogens is 188 g/mol. The summed E-state index contributed by atoms with van der Waals surface area (Å²) in [4.78, 5) is 4.13. The highest BCUT2D eigenvalue weighted by Gasteiger charge is 2.16. The molecule has 15 heavy (non-hydrogen) atoms. The summed E-state index contributed by atoms with van der Waals surface area (Å²) >= 11 is 0. The topological polar surface area (TPSA) is 29.9 Å². The van der Waals surface area contributed by atoms with Gasteiger partial charge in [0, 0.05) is 31.5 Å². The molecule has 0 unspecified atom stereocenters. The van der Waals surface area contributed by atoms with E-state index < -0.39 is 0 Å². The number of fused-ring (bicyclic) bond motifs is 3. The number of hydrogen-bond acceptors (Lipinski definition) is 2. The smallest absolute Gasteiger partial charge is 0.260 e. The second kappa shape index (κ2) is 2.79. The molecule has 3 aromatic rings. The lowest BCUT2D eigenvalue weighted by Gasteiger charge is -1.93. The molecule has 0 N–H and O–H groups in total. The van der Waals surface area contributed by atoms with Gasteiger partial charge in [0.2, 0.25) is 0 Å². The van der Waals surface area contributed by atoms with E-state index in [1.807, 2.05) is 25.4 Å². The molecule has 0 aliphatic rings. The average molecular weight is 199 g/mol. The van der Waals surface area contributed by atoms with E-state index in [4.69, 9.17) is 4.42 Å². The van der Waals surface area contributed by atoms with Crippen LogP contribution in [-0.4, -0.2) is 4.98 Å². The van der Waals surface area contributed by atoms with E-state index in [1.165, 1.54) is 5.69 Å². The highest BCUT2D eigenvalue weighted by Crippen LogP contribution is 2.24. The van der Waals surface area contributed by atoms with E-state index >= 15 is 0 Å². The zero-order chi connectivity index (χ0) is 10.4. The molecule has 3 rings (SSSR count). The van der Waals surface area contributed by atoms with Crippen molar-refractivity contribution >= 4 is 22.1 Å². The van der Waals surface area contributed by atoms with Crippen molar-refractivity contribution in [2.24, 2.45) is 7.05 Å². The first kappa shape index (κ1) is 8.41. The van der Waals surface area contributed by atoms with Gasteiger partial charge in [0.05, 0.1) is 0 Å². The molecule has 3 nitrogen and oxygen atoms in total. The lowest BCUT2D eigenvalue weighted by Crippen LogP contribution is -2.32. The van der Waals surface area contributed by atoms with Crippen LogP contribution in [0.4, 0.5) is 0 Å². The first-order chi connectivity index (χ1) is 7.27. The van der Waals surface area contributed by atoms with Gasteiger partial charge in [0.1, 0.15) is 18.0 Å². The number of furan rings is 1. The van der Waals surface area contributed by atoms with Crippen LogP contribution in [0.1, 0.15) is 5.69 Å². The van der Waals surface area contributed by atoms with E-state index in [1.54, 1.807) is 6.20 Å². The van der Waals surface area contributed by atoms with Gasteiger partial charge in [-0.2, -0.15) is 4.57 Å². The Hall–Kier alpha value is -1.90. The largest absolute Gasteiger partial charge is 0.449 e. The summed E-state index contributed by atoms with van der Waals surface area (Å²) in [6.45, 7) is 2.08. The Labute approximate surface area is 87.0 Å². The SMILES string of the molecule is Cc1ccc2oc3ccncc3c2[n+]1C. The molecular formula is C12H11N2O+.